The Hall–Kier alpha value is -3.12. The second kappa shape index (κ2) is 8.71. The van der Waals surface area contributed by atoms with Gasteiger partial charge in [0.2, 0.25) is 0 Å². The van der Waals surface area contributed by atoms with Crippen molar-refractivity contribution in [2.45, 2.75) is 25.8 Å². The van der Waals surface area contributed by atoms with Gasteiger partial charge in [0.1, 0.15) is 11.4 Å². The van der Waals surface area contributed by atoms with Gasteiger partial charge in [-0.15, -0.1) is 0 Å². The monoisotopic (exact) mass is 405 g/mol. The molecule has 0 fully saturated rings. The molecule has 30 heavy (non-hydrogen) atoms. The Bertz CT molecular complexity index is 1010. The lowest BCUT2D eigenvalue weighted by Gasteiger charge is -2.26. The van der Waals surface area contributed by atoms with E-state index < -0.39 is 0 Å². The zero-order valence-corrected chi connectivity index (χ0v) is 17.6. The van der Waals surface area contributed by atoms with Crippen molar-refractivity contribution >= 4 is 5.91 Å². The number of H-pyrrole nitrogens is 1. The van der Waals surface area contributed by atoms with E-state index in [2.05, 4.69) is 41.4 Å². The van der Waals surface area contributed by atoms with Crippen LogP contribution in [-0.4, -0.2) is 48.4 Å². The summed E-state index contributed by atoms with van der Waals surface area (Å²) in [4.78, 5) is 15.2. The molecule has 6 heteroatoms. The van der Waals surface area contributed by atoms with Gasteiger partial charge in [-0.2, -0.15) is 5.10 Å². The molecule has 0 bridgehead atoms. The number of aromatic amines is 1. The number of nitrogens with zero attached hydrogens (tertiary/aromatic N) is 2. The molecule has 1 unspecified atom stereocenters. The van der Waals surface area contributed by atoms with Crippen molar-refractivity contribution in [1.82, 2.24) is 15.1 Å². The van der Waals surface area contributed by atoms with Crippen molar-refractivity contribution in [1.29, 1.82) is 0 Å². The number of aryl methyl sites for hydroxylation is 1. The van der Waals surface area contributed by atoms with E-state index in [1.54, 1.807) is 14.2 Å². The maximum Gasteiger partial charge on any atom is 0.273 e. The number of carbonyl (C=O) groups excluding carboxylic acids is 1. The molecule has 3 aromatic rings. The van der Waals surface area contributed by atoms with Crippen LogP contribution in [0, 0.1) is 0 Å². The number of ether oxygens (including phenoxy) is 2. The van der Waals surface area contributed by atoms with E-state index in [1.165, 1.54) is 5.56 Å². The normalized spacial score (nSPS) is 15.5. The number of aromatic nitrogens is 2. The lowest BCUT2D eigenvalue weighted by molar-refractivity contribution is 0.0723. The molecule has 1 aromatic heterocycles. The molecular formula is C24H27N3O3. The van der Waals surface area contributed by atoms with E-state index in [0.29, 0.717) is 18.8 Å². The highest BCUT2D eigenvalue weighted by Crippen LogP contribution is 2.43. The van der Waals surface area contributed by atoms with E-state index in [9.17, 15) is 4.79 Å². The SMILES string of the molecule is CCc1ccc(C2c3c(-c4ccc(OC)cc4)n[nH]c3C(=O)N2CCCOC)cc1. The highest BCUT2D eigenvalue weighted by Gasteiger charge is 2.41. The van der Waals surface area contributed by atoms with Crippen LogP contribution in [0.5, 0.6) is 5.75 Å². The van der Waals surface area contributed by atoms with Crippen LogP contribution in [0.25, 0.3) is 11.3 Å². The fourth-order valence-corrected chi connectivity index (χ4v) is 4.06. The molecule has 2 heterocycles. The third-order valence-corrected chi connectivity index (χ3v) is 5.68. The highest BCUT2D eigenvalue weighted by atomic mass is 16.5. The number of rotatable bonds is 8. The second-order valence-electron chi connectivity index (χ2n) is 7.43. The van der Waals surface area contributed by atoms with Gasteiger partial charge in [0.15, 0.2) is 0 Å². The number of fused-ring (bicyclic) bond motifs is 1. The van der Waals surface area contributed by atoms with Crippen molar-refractivity contribution in [3.05, 3.63) is 70.9 Å². The molecule has 0 saturated carbocycles. The van der Waals surface area contributed by atoms with Crippen LogP contribution in [0.2, 0.25) is 0 Å². The summed E-state index contributed by atoms with van der Waals surface area (Å²) in [6.45, 7) is 3.38. The molecule has 4 rings (SSSR count). The average Bonchev–Trinajstić information content (AvgIpc) is 3.33. The Morgan fingerprint density at radius 3 is 2.43 bits per heavy atom. The summed E-state index contributed by atoms with van der Waals surface area (Å²) in [7, 11) is 3.33. The van der Waals surface area contributed by atoms with Crippen molar-refractivity contribution < 1.29 is 14.3 Å². The van der Waals surface area contributed by atoms with Gasteiger partial charge in [-0.25, -0.2) is 0 Å². The first-order chi connectivity index (χ1) is 14.7. The predicted octanol–water partition coefficient (Wildman–Crippen LogP) is 4.23. The summed E-state index contributed by atoms with van der Waals surface area (Å²) in [5.74, 6) is 0.771. The van der Waals surface area contributed by atoms with Crippen LogP contribution in [0.15, 0.2) is 48.5 Å². The van der Waals surface area contributed by atoms with Crippen LogP contribution in [-0.2, 0) is 11.2 Å². The maximum atomic E-state index is 13.2. The van der Waals surface area contributed by atoms with Gasteiger partial charge in [-0.05, 0) is 48.2 Å². The summed E-state index contributed by atoms with van der Waals surface area (Å²) >= 11 is 0. The zero-order valence-electron chi connectivity index (χ0n) is 17.6. The number of carbonyl (C=O) groups is 1. The quantitative estimate of drug-likeness (QED) is 0.570. The van der Waals surface area contributed by atoms with Gasteiger partial charge in [-0.1, -0.05) is 31.2 Å². The Morgan fingerprint density at radius 2 is 1.80 bits per heavy atom. The van der Waals surface area contributed by atoms with Gasteiger partial charge in [0.05, 0.1) is 18.8 Å². The zero-order chi connectivity index (χ0) is 21.1. The van der Waals surface area contributed by atoms with Gasteiger partial charge < -0.3 is 14.4 Å². The summed E-state index contributed by atoms with van der Waals surface area (Å²) in [6, 6.07) is 16.1. The molecule has 1 aliphatic rings. The molecule has 6 nitrogen and oxygen atoms in total. The maximum absolute atomic E-state index is 13.2. The molecule has 156 valence electrons. The smallest absolute Gasteiger partial charge is 0.273 e. The third kappa shape index (κ3) is 3.59. The van der Waals surface area contributed by atoms with Crippen LogP contribution in [0.3, 0.4) is 0 Å². The van der Waals surface area contributed by atoms with E-state index >= 15 is 0 Å². The van der Waals surface area contributed by atoms with Crippen LogP contribution in [0.1, 0.15) is 46.6 Å². The molecule has 0 saturated heterocycles. The minimum absolute atomic E-state index is 0.0158. The summed E-state index contributed by atoms with van der Waals surface area (Å²) in [5, 5.41) is 7.52. The Balaban J connectivity index is 1.78. The highest BCUT2D eigenvalue weighted by molar-refractivity contribution is 6.00. The summed E-state index contributed by atoms with van der Waals surface area (Å²) < 4.78 is 10.5. The number of methoxy groups -OCH3 is 2. The molecule has 1 amide bonds. The first kappa shape index (κ1) is 20.2. The van der Waals surface area contributed by atoms with E-state index in [4.69, 9.17) is 9.47 Å². The van der Waals surface area contributed by atoms with Crippen molar-refractivity contribution in [2.24, 2.45) is 0 Å². The first-order valence-corrected chi connectivity index (χ1v) is 10.3. The predicted molar refractivity (Wildman–Crippen MR) is 116 cm³/mol. The fourth-order valence-electron chi connectivity index (χ4n) is 4.06. The number of hydrogen-bond acceptors (Lipinski definition) is 4. The molecular weight excluding hydrogens is 378 g/mol. The summed E-state index contributed by atoms with van der Waals surface area (Å²) in [5.41, 5.74) is 5.63. The Morgan fingerprint density at radius 1 is 1.07 bits per heavy atom. The topological polar surface area (TPSA) is 67.5 Å². The van der Waals surface area contributed by atoms with Crippen molar-refractivity contribution in [3.8, 4) is 17.0 Å². The van der Waals surface area contributed by atoms with Gasteiger partial charge in [0, 0.05) is 31.4 Å². The summed E-state index contributed by atoms with van der Waals surface area (Å²) in [6.07, 6.45) is 1.76. The molecule has 0 radical (unpaired) electrons. The number of amides is 1. The molecule has 1 aliphatic heterocycles. The first-order valence-electron chi connectivity index (χ1n) is 10.3. The van der Waals surface area contributed by atoms with Crippen molar-refractivity contribution in [3.63, 3.8) is 0 Å². The lowest BCUT2D eigenvalue weighted by Crippen LogP contribution is -2.31. The molecule has 0 spiro atoms. The van der Waals surface area contributed by atoms with Crippen LogP contribution in [0.4, 0.5) is 0 Å². The second-order valence-corrected chi connectivity index (χ2v) is 7.43. The number of hydrogen-bond donors (Lipinski definition) is 1. The van der Waals surface area contributed by atoms with Crippen molar-refractivity contribution in [2.75, 3.05) is 27.4 Å². The lowest BCUT2D eigenvalue weighted by atomic mass is 9.95. The van der Waals surface area contributed by atoms with Crippen LogP contribution >= 0.6 is 0 Å². The third-order valence-electron chi connectivity index (χ3n) is 5.68. The largest absolute Gasteiger partial charge is 0.497 e. The van der Waals surface area contributed by atoms with Gasteiger partial charge in [0.25, 0.3) is 5.91 Å². The fraction of sp³-hybridized carbons (Fsp3) is 0.333. The minimum Gasteiger partial charge on any atom is -0.497 e. The molecule has 1 atom stereocenters. The van der Waals surface area contributed by atoms with E-state index in [1.807, 2.05) is 29.2 Å². The standard InChI is InChI=1S/C24H27N3O3/c1-4-16-6-8-18(9-7-16)23-20-21(17-10-12-19(30-3)13-11-17)25-26-22(20)24(28)27(23)14-5-15-29-2/h6-13,23H,4-5,14-15H2,1-3H3,(H,25,26). The molecule has 0 aliphatic carbocycles. The van der Waals surface area contributed by atoms with Gasteiger partial charge in [-0.3, -0.25) is 9.89 Å². The Labute approximate surface area is 176 Å². The van der Waals surface area contributed by atoms with E-state index in [0.717, 1.165) is 41.0 Å². The molecule has 2 aromatic carbocycles. The number of nitrogens with one attached hydrogen (secondary N) is 1. The molecule has 1 N–H and O–H groups in total. The minimum atomic E-state index is -0.175. The number of benzene rings is 2. The van der Waals surface area contributed by atoms with Crippen LogP contribution < -0.4 is 4.74 Å². The van der Waals surface area contributed by atoms with E-state index in [-0.39, 0.29) is 11.9 Å². The Kier molecular flexibility index (Phi) is 5.86. The van der Waals surface area contributed by atoms with Gasteiger partial charge >= 0.3 is 0 Å². The average molecular weight is 405 g/mol.